The van der Waals surface area contributed by atoms with E-state index in [1.54, 1.807) is 0 Å². The molecule has 2 heteroatoms. The third kappa shape index (κ3) is 16.9. The zero-order chi connectivity index (χ0) is 14.9. The van der Waals surface area contributed by atoms with Crippen LogP contribution in [0.2, 0.25) is 0 Å². The first-order valence-corrected chi connectivity index (χ1v) is 8.29. The fourth-order valence-corrected chi connectivity index (χ4v) is 2.07. The second-order valence-electron chi connectivity index (χ2n) is 5.37. The zero-order valence-electron chi connectivity index (χ0n) is 13.2. The molecule has 0 aliphatic carbocycles. The summed E-state index contributed by atoms with van der Waals surface area (Å²) in [5, 5.41) is 8.50. The highest BCUT2D eigenvalue weighted by molar-refractivity contribution is 5.66. The van der Waals surface area contributed by atoms with Crippen molar-refractivity contribution in [2.45, 2.75) is 84.0 Å². The summed E-state index contributed by atoms with van der Waals surface area (Å²) < 4.78 is 0. The lowest BCUT2D eigenvalue weighted by Crippen LogP contribution is -1.93. The van der Waals surface area contributed by atoms with Crippen LogP contribution in [-0.2, 0) is 4.79 Å². The fraction of sp³-hybridized carbons (Fsp3) is 0.722. The van der Waals surface area contributed by atoms with Gasteiger partial charge in [0, 0.05) is 6.42 Å². The molecule has 20 heavy (non-hydrogen) atoms. The minimum atomic E-state index is -0.668. The maximum atomic E-state index is 10.3. The lowest BCUT2D eigenvalue weighted by molar-refractivity contribution is -0.137. The van der Waals surface area contributed by atoms with Crippen molar-refractivity contribution < 1.29 is 9.90 Å². The van der Waals surface area contributed by atoms with Crippen LogP contribution in [0.3, 0.4) is 0 Å². The Kier molecular flexibility index (Phi) is 15.2. The van der Waals surface area contributed by atoms with Crippen LogP contribution in [0.15, 0.2) is 24.3 Å². The highest BCUT2D eigenvalue weighted by Gasteiger charge is 1.95. The smallest absolute Gasteiger partial charge is 0.303 e. The van der Waals surface area contributed by atoms with Crippen molar-refractivity contribution in [1.29, 1.82) is 0 Å². The SMILES string of the molecule is CCCC/C=C/C/C=C/CCCCCCCCC(=O)O. The molecule has 0 spiro atoms. The summed E-state index contributed by atoms with van der Waals surface area (Å²) in [5.74, 6) is -0.668. The molecule has 0 aliphatic rings. The Labute approximate surface area is 125 Å². The van der Waals surface area contributed by atoms with Crippen LogP contribution in [-0.4, -0.2) is 11.1 Å². The first kappa shape index (κ1) is 18.9. The lowest BCUT2D eigenvalue weighted by Gasteiger charge is -1.99. The number of allylic oxidation sites excluding steroid dienone is 4. The number of aliphatic carboxylic acids is 1. The van der Waals surface area contributed by atoms with Crippen molar-refractivity contribution in [3.63, 3.8) is 0 Å². The molecule has 2 nitrogen and oxygen atoms in total. The molecule has 0 saturated carbocycles. The summed E-state index contributed by atoms with van der Waals surface area (Å²) in [6, 6.07) is 0. The first-order valence-electron chi connectivity index (χ1n) is 8.29. The average molecular weight is 280 g/mol. The largest absolute Gasteiger partial charge is 0.481 e. The Morgan fingerprint density at radius 2 is 1.35 bits per heavy atom. The van der Waals surface area contributed by atoms with Crippen LogP contribution in [0.1, 0.15) is 84.0 Å². The van der Waals surface area contributed by atoms with E-state index in [1.165, 1.54) is 51.4 Å². The first-order chi connectivity index (χ1) is 9.77. The monoisotopic (exact) mass is 280 g/mol. The Balaban J connectivity index is 3.15. The van der Waals surface area contributed by atoms with E-state index < -0.39 is 5.97 Å². The molecule has 1 N–H and O–H groups in total. The topological polar surface area (TPSA) is 37.3 Å². The summed E-state index contributed by atoms with van der Waals surface area (Å²) in [6.45, 7) is 2.22. The molecule has 116 valence electrons. The molecule has 0 aromatic rings. The molecule has 0 heterocycles. The van der Waals surface area contributed by atoms with Gasteiger partial charge in [0.25, 0.3) is 0 Å². The zero-order valence-corrected chi connectivity index (χ0v) is 13.2. The minimum absolute atomic E-state index is 0.328. The van der Waals surface area contributed by atoms with Crippen molar-refractivity contribution in [3.8, 4) is 0 Å². The molecule has 0 atom stereocenters. The second kappa shape index (κ2) is 16.0. The van der Waals surface area contributed by atoms with Crippen LogP contribution in [0.4, 0.5) is 0 Å². The van der Waals surface area contributed by atoms with Crippen LogP contribution < -0.4 is 0 Å². The van der Waals surface area contributed by atoms with Gasteiger partial charge in [0.2, 0.25) is 0 Å². The number of carboxylic acids is 1. The molecule has 0 amide bonds. The summed E-state index contributed by atoms with van der Waals surface area (Å²) in [5.41, 5.74) is 0. The number of carbonyl (C=O) groups is 1. The molecular weight excluding hydrogens is 248 g/mol. The number of hydrogen-bond donors (Lipinski definition) is 1. The molecule has 0 bridgehead atoms. The van der Waals surface area contributed by atoms with E-state index >= 15 is 0 Å². The van der Waals surface area contributed by atoms with Crippen LogP contribution in [0, 0.1) is 0 Å². The van der Waals surface area contributed by atoms with E-state index in [9.17, 15) is 4.79 Å². The van der Waals surface area contributed by atoms with Crippen LogP contribution in [0.25, 0.3) is 0 Å². The molecule has 0 fully saturated rings. The third-order valence-electron chi connectivity index (χ3n) is 3.34. The second-order valence-corrected chi connectivity index (χ2v) is 5.37. The Hall–Kier alpha value is -1.05. The molecule has 0 radical (unpaired) electrons. The van der Waals surface area contributed by atoms with E-state index in [0.717, 1.165) is 19.3 Å². The standard InChI is InChI=1S/C18H32O2/c1-2-3-4-5-6-7-8-9-10-11-12-13-14-15-16-17-18(19)20/h5-6,8-9H,2-4,7,10-17H2,1H3,(H,19,20)/b6-5+,9-8+. The number of carboxylic acid groups (broad SMARTS) is 1. The predicted molar refractivity (Wildman–Crippen MR) is 87.0 cm³/mol. The highest BCUT2D eigenvalue weighted by Crippen LogP contribution is 2.09. The van der Waals surface area contributed by atoms with Gasteiger partial charge in [-0.05, 0) is 32.1 Å². The van der Waals surface area contributed by atoms with E-state index in [1.807, 2.05) is 0 Å². The maximum Gasteiger partial charge on any atom is 0.303 e. The lowest BCUT2D eigenvalue weighted by atomic mass is 10.1. The minimum Gasteiger partial charge on any atom is -0.481 e. The van der Waals surface area contributed by atoms with Crippen molar-refractivity contribution in [2.24, 2.45) is 0 Å². The number of unbranched alkanes of at least 4 members (excludes halogenated alkanes) is 8. The van der Waals surface area contributed by atoms with Gasteiger partial charge in [0.15, 0.2) is 0 Å². The van der Waals surface area contributed by atoms with E-state index in [0.29, 0.717) is 6.42 Å². The summed E-state index contributed by atoms with van der Waals surface area (Å²) in [4.78, 5) is 10.3. The predicted octanol–water partition coefficient (Wildman–Crippen LogP) is 5.88. The fourth-order valence-electron chi connectivity index (χ4n) is 2.07. The quantitative estimate of drug-likeness (QED) is 0.318. The summed E-state index contributed by atoms with van der Waals surface area (Å²) in [6.07, 6.45) is 22.3. The Bertz CT molecular complexity index is 267. The Morgan fingerprint density at radius 1 is 0.800 bits per heavy atom. The van der Waals surface area contributed by atoms with Gasteiger partial charge < -0.3 is 5.11 Å². The van der Waals surface area contributed by atoms with Gasteiger partial charge in [0.1, 0.15) is 0 Å². The third-order valence-corrected chi connectivity index (χ3v) is 3.34. The van der Waals surface area contributed by atoms with Gasteiger partial charge in [-0.1, -0.05) is 69.8 Å². The van der Waals surface area contributed by atoms with Gasteiger partial charge >= 0.3 is 5.97 Å². The Morgan fingerprint density at radius 3 is 1.95 bits per heavy atom. The van der Waals surface area contributed by atoms with Gasteiger partial charge in [-0.15, -0.1) is 0 Å². The van der Waals surface area contributed by atoms with Crippen LogP contribution in [0.5, 0.6) is 0 Å². The molecule has 0 aliphatic heterocycles. The molecule has 0 aromatic carbocycles. The van der Waals surface area contributed by atoms with Crippen molar-refractivity contribution in [3.05, 3.63) is 24.3 Å². The molecule has 0 saturated heterocycles. The molecule has 0 unspecified atom stereocenters. The van der Waals surface area contributed by atoms with Crippen molar-refractivity contribution in [1.82, 2.24) is 0 Å². The number of hydrogen-bond acceptors (Lipinski definition) is 1. The van der Waals surface area contributed by atoms with Crippen molar-refractivity contribution in [2.75, 3.05) is 0 Å². The summed E-state index contributed by atoms with van der Waals surface area (Å²) in [7, 11) is 0. The molecule has 0 aromatic heterocycles. The van der Waals surface area contributed by atoms with Crippen LogP contribution >= 0.6 is 0 Å². The van der Waals surface area contributed by atoms with Gasteiger partial charge in [0.05, 0.1) is 0 Å². The number of rotatable bonds is 14. The average Bonchev–Trinajstić information content (AvgIpc) is 2.43. The van der Waals surface area contributed by atoms with E-state index in [4.69, 9.17) is 5.11 Å². The van der Waals surface area contributed by atoms with Gasteiger partial charge in [-0.3, -0.25) is 4.79 Å². The van der Waals surface area contributed by atoms with Crippen molar-refractivity contribution >= 4 is 5.97 Å². The van der Waals surface area contributed by atoms with E-state index in [-0.39, 0.29) is 0 Å². The summed E-state index contributed by atoms with van der Waals surface area (Å²) >= 11 is 0. The highest BCUT2D eigenvalue weighted by atomic mass is 16.4. The molecule has 0 rings (SSSR count). The molecular formula is C18H32O2. The van der Waals surface area contributed by atoms with Gasteiger partial charge in [-0.2, -0.15) is 0 Å². The van der Waals surface area contributed by atoms with E-state index in [2.05, 4.69) is 31.2 Å². The van der Waals surface area contributed by atoms with Gasteiger partial charge in [-0.25, -0.2) is 0 Å². The maximum absolute atomic E-state index is 10.3. The normalized spacial score (nSPS) is 11.7.